The van der Waals surface area contributed by atoms with Gasteiger partial charge in [0.2, 0.25) is 5.96 Å². The number of esters is 1. The van der Waals surface area contributed by atoms with Gasteiger partial charge in [0.1, 0.15) is 12.6 Å². The maximum Gasteiger partial charge on any atom is 0.416 e. The summed E-state index contributed by atoms with van der Waals surface area (Å²) in [4.78, 5) is 37.3. The van der Waals surface area contributed by atoms with Gasteiger partial charge in [-0.3, -0.25) is 20.0 Å². The van der Waals surface area contributed by atoms with Crippen molar-refractivity contribution in [3.63, 3.8) is 0 Å². The number of nitrogens with one attached hydrogen (secondary N) is 1. The van der Waals surface area contributed by atoms with Crippen molar-refractivity contribution in [2.24, 2.45) is 5.73 Å². The molecule has 0 bridgehead atoms. The Morgan fingerprint density at radius 2 is 1.89 bits per heavy atom. The number of benzene rings is 1. The molecule has 0 saturated carbocycles. The van der Waals surface area contributed by atoms with Gasteiger partial charge in [-0.1, -0.05) is 24.8 Å². The molecule has 0 unspecified atom stereocenters. The van der Waals surface area contributed by atoms with Crippen molar-refractivity contribution in [3.8, 4) is 12.1 Å². The topological polar surface area (TPSA) is 174 Å². The van der Waals surface area contributed by atoms with Crippen LogP contribution in [0.1, 0.15) is 31.7 Å². The lowest BCUT2D eigenvalue weighted by molar-refractivity contribution is -0.959. The number of anilines is 1. The van der Waals surface area contributed by atoms with Crippen LogP contribution in [0.5, 0.6) is 0 Å². The van der Waals surface area contributed by atoms with Gasteiger partial charge in [-0.2, -0.15) is 23.7 Å². The van der Waals surface area contributed by atoms with E-state index in [9.17, 15) is 28.0 Å². The summed E-state index contributed by atoms with van der Waals surface area (Å²) in [5.41, 5.74) is 5.30. The maximum atomic E-state index is 13.6. The fourth-order valence-electron chi connectivity index (χ4n) is 5.45. The third-order valence-corrected chi connectivity index (χ3v) is 7.75. The number of halogens is 3. The van der Waals surface area contributed by atoms with Crippen LogP contribution in [0.2, 0.25) is 0 Å². The predicted molar refractivity (Wildman–Crippen MR) is 166 cm³/mol. The van der Waals surface area contributed by atoms with Crippen LogP contribution >= 0.6 is 0 Å². The molecule has 2 amide bonds. The fourth-order valence-corrected chi connectivity index (χ4v) is 5.45. The van der Waals surface area contributed by atoms with Gasteiger partial charge in [0.05, 0.1) is 62.7 Å². The number of unbranched alkanes of at least 4 members (excludes halogenated alkanes) is 1. The molecule has 1 aromatic rings. The van der Waals surface area contributed by atoms with E-state index in [-0.39, 0.29) is 29.1 Å². The summed E-state index contributed by atoms with van der Waals surface area (Å²) in [6.07, 6.45) is 1.56. The highest BCUT2D eigenvalue weighted by molar-refractivity contribution is 6.10. The second-order valence-electron chi connectivity index (χ2n) is 10.6. The molecule has 0 aliphatic carbocycles. The molecule has 1 fully saturated rings. The summed E-state index contributed by atoms with van der Waals surface area (Å²) >= 11 is 0. The number of urea groups is 1. The molecule has 0 radical (unpaired) electrons. The summed E-state index contributed by atoms with van der Waals surface area (Å²) in [6, 6.07) is 5.89. The average molecular weight is 657 g/mol. The Kier molecular flexibility index (Phi) is 13.5. The van der Waals surface area contributed by atoms with Crippen LogP contribution < -0.4 is 10.6 Å². The molecular formula is C32H37F3N7O5+. The normalized spacial score (nSPS) is 17.7. The molecular weight excluding hydrogens is 619 g/mol. The standard InChI is InChI=1S/C30H32F3N7O3.C2H4O2/c1-4-21(18-35)11-12-22(19-40(15-8-16-40)14-6-5-13-34)26-25(27(41)43-3)20(2)38(28(36)39(26)29(37)42)24-10-7-9-23(17-24)30(31,32)33;1-4-2-3/h4,7,9-12,17,26,36H,1,5-6,8,14-16,19H2,2-3H3,(H-,37,42);2H,1H3/p+1/b21-11+,22-12+,36-28?;/t26-;/m1./s1. The van der Waals surface area contributed by atoms with E-state index in [4.69, 9.17) is 25.9 Å². The van der Waals surface area contributed by atoms with Crippen molar-refractivity contribution in [1.29, 1.82) is 15.9 Å². The van der Waals surface area contributed by atoms with Gasteiger partial charge in [0.15, 0.2) is 0 Å². The van der Waals surface area contributed by atoms with Crippen LogP contribution in [0.15, 0.2) is 71.5 Å². The largest absolute Gasteiger partial charge is 0.471 e. The zero-order valence-corrected chi connectivity index (χ0v) is 26.3. The monoisotopic (exact) mass is 656 g/mol. The third-order valence-electron chi connectivity index (χ3n) is 7.75. The molecule has 47 heavy (non-hydrogen) atoms. The first-order chi connectivity index (χ1) is 22.2. The smallest absolute Gasteiger partial charge is 0.416 e. The van der Waals surface area contributed by atoms with Gasteiger partial charge >= 0.3 is 18.2 Å². The van der Waals surface area contributed by atoms with Crippen molar-refractivity contribution in [1.82, 2.24) is 4.90 Å². The van der Waals surface area contributed by atoms with Crippen LogP contribution in [0.4, 0.5) is 23.7 Å². The minimum absolute atomic E-state index is 0.0671. The van der Waals surface area contributed by atoms with Gasteiger partial charge < -0.3 is 19.7 Å². The molecule has 0 aromatic heterocycles. The number of quaternary nitrogens is 1. The number of carbonyl (C=O) groups is 3. The van der Waals surface area contributed by atoms with E-state index in [2.05, 4.69) is 17.4 Å². The average Bonchev–Trinajstić information content (AvgIpc) is 3.02. The number of hydrogen-bond donors (Lipinski definition) is 2. The number of rotatable bonds is 11. The SMILES string of the molecule is C=C/C(C#N)=C\C=C(/C[N+]1(CCCC#N)CCC1)[C@@H]1C(C(=O)OC)=C(C)N(c2cccc(C(F)(F)F)c2)C(=N)N1C(N)=O.COC=O. The van der Waals surface area contributed by atoms with Gasteiger partial charge in [-0.15, -0.1) is 0 Å². The van der Waals surface area contributed by atoms with E-state index >= 15 is 0 Å². The zero-order valence-electron chi connectivity index (χ0n) is 26.3. The molecule has 15 heteroatoms. The van der Waals surface area contributed by atoms with Crippen molar-refractivity contribution in [2.45, 2.75) is 38.4 Å². The summed E-state index contributed by atoms with van der Waals surface area (Å²) in [6.45, 7) is 7.87. The lowest BCUT2D eigenvalue weighted by atomic mass is 9.89. The van der Waals surface area contributed by atoms with E-state index in [0.717, 1.165) is 54.6 Å². The molecule has 3 N–H and O–H groups in total. The summed E-state index contributed by atoms with van der Waals surface area (Å²) < 4.78 is 50.2. The Labute approximate surface area is 271 Å². The van der Waals surface area contributed by atoms with Crippen molar-refractivity contribution >= 4 is 30.1 Å². The molecule has 0 spiro atoms. The fraction of sp³-hybridized carbons (Fsp3) is 0.375. The highest BCUT2D eigenvalue weighted by Gasteiger charge is 2.47. The van der Waals surface area contributed by atoms with E-state index in [1.165, 1.54) is 32.3 Å². The van der Waals surface area contributed by atoms with Crippen LogP contribution in [-0.2, 0) is 25.2 Å². The Bertz CT molecular complexity index is 1550. The molecule has 2 heterocycles. The van der Waals surface area contributed by atoms with Crippen LogP contribution in [-0.4, -0.2) is 80.3 Å². The number of nitrogens with two attached hydrogens (primary N) is 1. The number of likely N-dealkylation sites (tertiary alicyclic amines) is 1. The van der Waals surface area contributed by atoms with Crippen molar-refractivity contribution in [2.75, 3.05) is 45.3 Å². The number of primary amides is 1. The van der Waals surface area contributed by atoms with Crippen LogP contribution in [0, 0.1) is 28.1 Å². The second kappa shape index (κ2) is 16.8. The van der Waals surface area contributed by atoms with E-state index < -0.39 is 35.7 Å². The number of methoxy groups -OCH3 is 2. The summed E-state index contributed by atoms with van der Waals surface area (Å²) in [5.74, 6) is -1.45. The molecule has 1 saturated heterocycles. The molecule has 2 aliphatic rings. The number of ether oxygens (including phenoxy) is 2. The third kappa shape index (κ3) is 9.08. The first kappa shape index (κ1) is 37.8. The molecule has 1 aromatic carbocycles. The number of hydrogen-bond acceptors (Lipinski definition) is 8. The highest BCUT2D eigenvalue weighted by atomic mass is 19.4. The molecule has 2 aliphatic heterocycles. The number of carbonyl (C=O) groups excluding carboxylic acids is 3. The Morgan fingerprint density at radius 3 is 2.36 bits per heavy atom. The number of alkyl halides is 3. The van der Waals surface area contributed by atoms with Crippen molar-refractivity contribution in [3.05, 3.63) is 77.1 Å². The quantitative estimate of drug-likeness (QED) is 0.0873. The van der Waals surface area contributed by atoms with E-state index in [1.54, 1.807) is 6.08 Å². The number of nitrogens with zero attached hydrogens (tertiary/aromatic N) is 5. The predicted octanol–water partition coefficient (Wildman–Crippen LogP) is 4.53. The van der Waals surface area contributed by atoms with Gasteiger partial charge in [0, 0.05) is 36.2 Å². The number of guanidine groups is 1. The minimum Gasteiger partial charge on any atom is -0.471 e. The highest BCUT2D eigenvalue weighted by Crippen LogP contribution is 2.38. The lowest BCUT2D eigenvalue weighted by Gasteiger charge is -2.49. The number of allylic oxidation sites excluding steroid dienone is 5. The summed E-state index contributed by atoms with van der Waals surface area (Å²) in [7, 11) is 2.44. The van der Waals surface area contributed by atoms with Crippen LogP contribution in [0.3, 0.4) is 0 Å². The number of amides is 2. The van der Waals surface area contributed by atoms with E-state index in [1.807, 2.05) is 6.07 Å². The first-order valence-corrected chi connectivity index (χ1v) is 14.3. The van der Waals surface area contributed by atoms with E-state index in [0.29, 0.717) is 35.9 Å². The Balaban J connectivity index is 0.00000181. The van der Waals surface area contributed by atoms with Gasteiger partial charge in [-0.05, 0) is 31.2 Å². The summed E-state index contributed by atoms with van der Waals surface area (Å²) in [5, 5.41) is 27.5. The molecule has 250 valence electrons. The van der Waals surface area contributed by atoms with Gasteiger partial charge in [-0.25, -0.2) is 9.59 Å². The zero-order chi connectivity index (χ0) is 35.4. The Morgan fingerprint density at radius 1 is 1.23 bits per heavy atom. The second-order valence-corrected chi connectivity index (χ2v) is 10.6. The van der Waals surface area contributed by atoms with Gasteiger partial charge in [0.25, 0.3) is 6.47 Å². The molecule has 12 nitrogen and oxygen atoms in total. The van der Waals surface area contributed by atoms with Crippen molar-refractivity contribution < 1.29 is 41.5 Å². The molecule has 3 rings (SSSR count). The first-order valence-electron chi connectivity index (χ1n) is 14.3. The number of nitriles is 2. The lowest BCUT2D eigenvalue weighted by Crippen LogP contribution is -2.63. The Hall–Kier alpha value is -5.41. The molecule has 1 atom stereocenters. The van der Waals surface area contributed by atoms with Crippen LogP contribution in [0.25, 0.3) is 0 Å². The maximum absolute atomic E-state index is 13.6. The minimum atomic E-state index is -4.69.